The first kappa shape index (κ1) is 23.9. The van der Waals surface area contributed by atoms with E-state index in [1.165, 1.54) is 12.1 Å². The third-order valence-corrected chi connectivity index (χ3v) is 7.23. The first-order valence-corrected chi connectivity index (χ1v) is 11.7. The van der Waals surface area contributed by atoms with Crippen LogP contribution in [0.3, 0.4) is 0 Å². The van der Waals surface area contributed by atoms with Crippen LogP contribution in [0.2, 0.25) is 0 Å². The zero-order valence-electron chi connectivity index (χ0n) is 19.0. The van der Waals surface area contributed by atoms with Crippen molar-refractivity contribution in [3.05, 3.63) is 59.7 Å². The quantitative estimate of drug-likeness (QED) is 0.578. The summed E-state index contributed by atoms with van der Waals surface area (Å²) in [7, 11) is 1.67. The molecule has 1 saturated carbocycles. The Hall–Kier alpha value is -2.25. The largest absolute Gasteiger partial charge is 0.496 e. The normalized spacial score (nSPS) is 21.8. The fourth-order valence-electron chi connectivity index (χ4n) is 5.22. The number of aliphatic hydroxyl groups is 1. The van der Waals surface area contributed by atoms with Gasteiger partial charge < -0.3 is 19.5 Å². The molecule has 1 saturated heterocycles. The van der Waals surface area contributed by atoms with Crippen LogP contribution in [-0.4, -0.2) is 49.5 Å². The Bertz CT molecular complexity index is 912. The fraction of sp³-hybridized carbons (Fsp3) is 0.538. The van der Waals surface area contributed by atoms with E-state index >= 15 is 0 Å². The Balaban J connectivity index is 1.34. The highest BCUT2D eigenvalue weighted by atomic mass is 19.4. The molecule has 1 unspecified atom stereocenters. The van der Waals surface area contributed by atoms with Crippen LogP contribution in [0, 0.1) is 5.92 Å². The molecule has 1 heterocycles. The van der Waals surface area contributed by atoms with E-state index in [4.69, 9.17) is 9.47 Å². The number of piperidine rings is 1. The van der Waals surface area contributed by atoms with Crippen LogP contribution in [0.4, 0.5) is 13.2 Å². The van der Waals surface area contributed by atoms with Crippen LogP contribution in [0.1, 0.15) is 43.2 Å². The van der Waals surface area contributed by atoms with Gasteiger partial charge in [-0.15, -0.1) is 0 Å². The molecular weight excluding hydrogens is 431 g/mol. The predicted molar refractivity (Wildman–Crippen MR) is 121 cm³/mol. The lowest BCUT2D eigenvalue weighted by Crippen LogP contribution is -2.52. The fourth-order valence-corrected chi connectivity index (χ4v) is 5.22. The molecule has 2 aromatic carbocycles. The van der Waals surface area contributed by atoms with Crippen molar-refractivity contribution in [1.29, 1.82) is 0 Å². The van der Waals surface area contributed by atoms with Crippen LogP contribution in [-0.2, 0) is 11.6 Å². The van der Waals surface area contributed by atoms with E-state index in [0.29, 0.717) is 18.9 Å². The van der Waals surface area contributed by atoms with Crippen molar-refractivity contribution in [3.63, 3.8) is 0 Å². The van der Waals surface area contributed by atoms with Crippen molar-refractivity contribution in [3.8, 4) is 11.5 Å². The lowest BCUT2D eigenvalue weighted by atomic mass is 9.60. The summed E-state index contributed by atoms with van der Waals surface area (Å²) < 4.78 is 49.6. The van der Waals surface area contributed by atoms with Crippen molar-refractivity contribution in [2.75, 3.05) is 33.4 Å². The zero-order valence-corrected chi connectivity index (χ0v) is 19.0. The maximum Gasteiger partial charge on any atom is 0.416 e. The van der Waals surface area contributed by atoms with Crippen LogP contribution in [0.15, 0.2) is 48.5 Å². The Morgan fingerprint density at radius 3 is 2.45 bits per heavy atom. The molecule has 1 N–H and O–H groups in total. The molecule has 2 fully saturated rings. The highest BCUT2D eigenvalue weighted by Crippen LogP contribution is 2.49. The van der Waals surface area contributed by atoms with Crippen molar-refractivity contribution in [2.45, 2.75) is 49.8 Å². The lowest BCUT2D eigenvalue weighted by Gasteiger charge is -2.48. The summed E-state index contributed by atoms with van der Waals surface area (Å²) in [5, 5.41) is 11.3. The van der Waals surface area contributed by atoms with E-state index in [0.717, 1.165) is 68.6 Å². The number of β-amino-alcohol motifs (C(OH)–C–C–N with tert-alkyl or cyclic N) is 1. The van der Waals surface area contributed by atoms with Crippen LogP contribution in [0.25, 0.3) is 0 Å². The van der Waals surface area contributed by atoms with Crippen molar-refractivity contribution >= 4 is 0 Å². The maximum atomic E-state index is 12.7. The zero-order chi connectivity index (χ0) is 23.5. The minimum atomic E-state index is -4.34. The molecule has 2 atom stereocenters. The van der Waals surface area contributed by atoms with Crippen LogP contribution < -0.4 is 9.47 Å². The van der Waals surface area contributed by atoms with Crippen molar-refractivity contribution in [1.82, 2.24) is 4.90 Å². The van der Waals surface area contributed by atoms with E-state index < -0.39 is 17.8 Å². The van der Waals surface area contributed by atoms with Gasteiger partial charge in [0.2, 0.25) is 0 Å². The van der Waals surface area contributed by atoms with Gasteiger partial charge in [0, 0.05) is 30.0 Å². The van der Waals surface area contributed by atoms with E-state index in [2.05, 4.69) is 11.0 Å². The average molecular weight is 464 g/mol. The SMILES string of the molecule is COc1ccccc1C1([C@@H](O)CN2CCCC(COc3ccc(C(F)(F)F)cc3)C2)CCC1. The highest BCUT2D eigenvalue weighted by Gasteiger charge is 2.47. The van der Waals surface area contributed by atoms with E-state index in [1.807, 2.05) is 18.2 Å². The van der Waals surface area contributed by atoms with Crippen LogP contribution in [0.5, 0.6) is 11.5 Å². The third-order valence-electron chi connectivity index (χ3n) is 7.23. The number of para-hydroxylation sites is 1. The molecule has 4 rings (SSSR count). The number of alkyl halides is 3. The Kier molecular flexibility index (Phi) is 7.19. The van der Waals surface area contributed by atoms with E-state index in [-0.39, 0.29) is 11.3 Å². The molecule has 0 radical (unpaired) electrons. The highest BCUT2D eigenvalue weighted by molar-refractivity contribution is 5.42. The molecule has 4 nitrogen and oxygen atoms in total. The molecule has 33 heavy (non-hydrogen) atoms. The first-order chi connectivity index (χ1) is 15.8. The van der Waals surface area contributed by atoms with Crippen molar-refractivity contribution < 1.29 is 27.8 Å². The number of benzene rings is 2. The molecule has 2 aliphatic rings. The summed E-state index contributed by atoms with van der Waals surface area (Å²) in [5.41, 5.74) is 0.147. The molecule has 7 heteroatoms. The smallest absolute Gasteiger partial charge is 0.416 e. The van der Waals surface area contributed by atoms with Crippen LogP contribution >= 0.6 is 0 Å². The maximum absolute atomic E-state index is 12.7. The van der Waals surface area contributed by atoms with Gasteiger partial charge in [0.1, 0.15) is 11.5 Å². The average Bonchev–Trinajstić information content (AvgIpc) is 2.77. The number of hydrogen-bond acceptors (Lipinski definition) is 4. The van der Waals surface area contributed by atoms with Gasteiger partial charge in [-0.3, -0.25) is 0 Å². The number of halogens is 3. The summed E-state index contributed by atoms with van der Waals surface area (Å²) in [6, 6.07) is 12.8. The standard InChI is InChI=1S/C26H32F3NO3/c1-32-23-8-3-2-7-22(23)25(13-5-14-25)24(31)17-30-15-4-6-19(16-30)18-33-21-11-9-20(10-12-21)26(27,28)29/h2-3,7-12,19,24,31H,4-6,13-18H2,1H3/t19?,24-/m0/s1. The molecule has 180 valence electrons. The number of hydrogen-bond donors (Lipinski definition) is 1. The molecule has 0 amide bonds. The number of rotatable bonds is 8. The number of aliphatic hydroxyl groups excluding tert-OH is 1. The monoisotopic (exact) mass is 463 g/mol. The van der Waals surface area contributed by atoms with Crippen molar-refractivity contribution in [2.24, 2.45) is 5.92 Å². The number of likely N-dealkylation sites (tertiary alicyclic amines) is 1. The second-order valence-corrected chi connectivity index (χ2v) is 9.33. The molecular formula is C26H32F3NO3. The Morgan fingerprint density at radius 2 is 1.82 bits per heavy atom. The predicted octanol–water partition coefficient (Wildman–Crippen LogP) is 5.29. The summed E-state index contributed by atoms with van der Waals surface area (Å²) in [6.07, 6.45) is 0.173. The molecule has 0 aromatic heterocycles. The molecule has 1 aliphatic carbocycles. The second-order valence-electron chi connectivity index (χ2n) is 9.33. The van der Waals surface area contributed by atoms with Gasteiger partial charge in [-0.2, -0.15) is 13.2 Å². The molecule has 1 aliphatic heterocycles. The van der Waals surface area contributed by atoms with Gasteiger partial charge in [-0.25, -0.2) is 0 Å². The molecule has 2 aromatic rings. The minimum absolute atomic E-state index is 0.268. The van der Waals surface area contributed by atoms with E-state index in [1.54, 1.807) is 7.11 Å². The number of nitrogens with zero attached hydrogens (tertiary/aromatic N) is 1. The van der Waals surface area contributed by atoms with E-state index in [9.17, 15) is 18.3 Å². The van der Waals surface area contributed by atoms with Gasteiger partial charge in [0.05, 0.1) is 25.4 Å². The van der Waals surface area contributed by atoms with Gasteiger partial charge in [0.25, 0.3) is 0 Å². The summed E-state index contributed by atoms with van der Waals surface area (Å²) >= 11 is 0. The number of methoxy groups -OCH3 is 1. The number of ether oxygens (including phenoxy) is 2. The summed E-state index contributed by atoms with van der Waals surface area (Å²) in [6.45, 7) is 2.78. The van der Waals surface area contributed by atoms with Gasteiger partial charge in [-0.1, -0.05) is 24.6 Å². The molecule has 0 bridgehead atoms. The van der Waals surface area contributed by atoms with Gasteiger partial charge >= 0.3 is 6.18 Å². The van der Waals surface area contributed by atoms with Gasteiger partial charge in [-0.05, 0) is 62.6 Å². The minimum Gasteiger partial charge on any atom is -0.496 e. The summed E-state index contributed by atoms with van der Waals surface area (Å²) in [5.74, 6) is 1.55. The third kappa shape index (κ3) is 5.30. The lowest BCUT2D eigenvalue weighted by molar-refractivity contribution is -0.137. The second kappa shape index (κ2) is 9.94. The Labute approximate surface area is 193 Å². The topological polar surface area (TPSA) is 41.9 Å². The van der Waals surface area contributed by atoms with Gasteiger partial charge in [0.15, 0.2) is 0 Å². The summed E-state index contributed by atoms with van der Waals surface area (Å²) in [4.78, 5) is 2.30. The molecule has 0 spiro atoms. The Morgan fingerprint density at radius 1 is 1.09 bits per heavy atom. The first-order valence-electron chi connectivity index (χ1n) is 11.7.